The number of fused-ring (bicyclic) bond motifs is 1. The predicted octanol–water partition coefficient (Wildman–Crippen LogP) is 6.25. The second kappa shape index (κ2) is 6.77. The molecule has 2 heterocycles. The molecule has 7 heteroatoms. The van der Waals surface area contributed by atoms with Crippen molar-refractivity contribution in [1.82, 2.24) is 14.6 Å². The monoisotopic (exact) mass is 468 g/mol. The van der Waals surface area contributed by atoms with E-state index in [4.69, 9.17) is 28.2 Å². The number of nitrogens with one attached hydrogen (secondary N) is 2. The predicted molar refractivity (Wildman–Crippen MR) is 128 cm³/mol. The van der Waals surface area contributed by atoms with E-state index in [0.717, 1.165) is 47.4 Å². The summed E-state index contributed by atoms with van der Waals surface area (Å²) in [6, 6.07) is 7.20. The molecule has 8 rings (SSSR count). The van der Waals surface area contributed by atoms with Crippen LogP contribution in [0.2, 0.25) is 10.0 Å². The van der Waals surface area contributed by atoms with Gasteiger partial charge in [-0.3, -0.25) is 9.89 Å². The zero-order chi connectivity index (χ0) is 21.6. The van der Waals surface area contributed by atoms with Crippen molar-refractivity contribution in [2.45, 2.75) is 62.8 Å². The van der Waals surface area contributed by atoms with E-state index in [0.29, 0.717) is 27.4 Å². The van der Waals surface area contributed by atoms with Crippen molar-refractivity contribution >= 4 is 34.7 Å². The molecule has 5 saturated carbocycles. The van der Waals surface area contributed by atoms with Crippen molar-refractivity contribution in [3.63, 3.8) is 0 Å². The molecule has 0 atom stereocenters. The minimum absolute atomic E-state index is 0.0829. The van der Waals surface area contributed by atoms with Gasteiger partial charge in [0, 0.05) is 39.4 Å². The number of anilines is 1. The first-order valence-electron chi connectivity index (χ1n) is 11.9. The lowest BCUT2D eigenvalue weighted by Gasteiger charge is -2.57. The first-order valence-corrected chi connectivity index (χ1v) is 12.6. The molecule has 2 aromatic heterocycles. The number of nitrogens with zero attached hydrogens (tertiary/aromatic N) is 2. The van der Waals surface area contributed by atoms with Crippen molar-refractivity contribution < 1.29 is 0 Å². The largest absolute Gasteiger partial charge is 0.364 e. The Bertz CT molecular complexity index is 1270. The Morgan fingerprint density at radius 3 is 2.34 bits per heavy atom. The molecule has 5 aliphatic carbocycles. The Balaban J connectivity index is 1.36. The van der Waals surface area contributed by atoms with E-state index in [2.05, 4.69) is 10.4 Å². The van der Waals surface area contributed by atoms with Crippen LogP contribution >= 0.6 is 23.2 Å². The molecule has 4 bridgehead atoms. The van der Waals surface area contributed by atoms with Crippen LogP contribution in [0.5, 0.6) is 0 Å². The number of hydrogen-bond acceptors (Lipinski definition) is 3. The molecular weight excluding hydrogens is 443 g/mol. The van der Waals surface area contributed by atoms with Gasteiger partial charge in [0.1, 0.15) is 5.82 Å². The summed E-state index contributed by atoms with van der Waals surface area (Å²) < 4.78 is 1.58. The van der Waals surface area contributed by atoms with Gasteiger partial charge in [-0.25, -0.2) is 9.50 Å². The molecule has 5 fully saturated rings. The molecule has 1 aromatic carbocycles. The van der Waals surface area contributed by atoms with E-state index in [-0.39, 0.29) is 11.1 Å². The van der Waals surface area contributed by atoms with E-state index in [1.54, 1.807) is 16.6 Å². The van der Waals surface area contributed by atoms with Crippen LogP contribution in [0.1, 0.15) is 63.0 Å². The van der Waals surface area contributed by atoms with E-state index in [9.17, 15) is 4.79 Å². The summed E-state index contributed by atoms with van der Waals surface area (Å²) in [6.45, 7) is 0. The summed E-state index contributed by atoms with van der Waals surface area (Å²) in [5, 5.41) is 8.30. The van der Waals surface area contributed by atoms with Crippen molar-refractivity contribution in [1.29, 1.82) is 0 Å². The third kappa shape index (κ3) is 3.04. The lowest BCUT2D eigenvalue weighted by atomic mass is 9.53. The van der Waals surface area contributed by atoms with Gasteiger partial charge in [0.05, 0.1) is 5.02 Å². The highest BCUT2D eigenvalue weighted by Gasteiger charge is 2.51. The van der Waals surface area contributed by atoms with Crippen LogP contribution in [0.25, 0.3) is 16.8 Å². The van der Waals surface area contributed by atoms with Crippen LogP contribution in [0.3, 0.4) is 0 Å². The fraction of sp³-hybridized carbons (Fsp3) is 0.520. The Labute approximate surface area is 196 Å². The lowest BCUT2D eigenvalue weighted by Crippen LogP contribution is -2.55. The summed E-state index contributed by atoms with van der Waals surface area (Å²) in [6.07, 6.45) is 9.99. The van der Waals surface area contributed by atoms with Gasteiger partial charge in [0.25, 0.3) is 5.56 Å². The van der Waals surface area contributed by atoms with E-state index in [1.165, 1.54) is 38.5 Å². The molecule has 0 radical (unpaired) electrons. The maximum atomic E-state index is 13.2. The van der Waals surface area contributed by atoms with Crippen LogP contribution < -0.4 is 10.9 Å². The smallest absolute Gasteiger partial charge is 0.274 e. The summed E-state index contributed by atoms with van der Waals surface area (Å²) in [7, 11) is 0. The van der Waals surface area contributed by atoms with Crippen LogP contribution in [-0.2, 0) is 0 Å². The summed E-state index contributed by atoms with van der Waals surface area (Å²) in [4.78, 5) is 18.2. The second-order valence-corrected chi connectivity index (χ2v) is 11.6. The molecule has 3 aromatic rings. The summed E-state index contributed by atoms with van der Waals surface area (Å²) in [5.74, 6) is 3.60. The maximum Gasteiger partial charge on any atom is 0.274 e. The third-order valence-electron chi connectivity index (χ3n) is 8.26. The standard InChI is InChI=1S/C25H26Cl2N4O/c26-17-3-4-18(19(27)8-17)22-23(16-1-2-16)30-31-21(32)9-20(28-24(22)31)29-25-10-13-5-14(11-25)7-15(6-13)12-25/h3-4,8-9,13-16,29-30H,1-2,5-7,10-12H2. The highest BCUT2D eigenvalue weighted by atomic mass is 35.5. The molecule has 166 valence electrons. The Morgan fingerprint density at radius 1 is 1.03 bits per heavy atom. The zero-order valence-electron chi connectivity index (χ0n) is 17.8. The first-order chi connectivity index (χ1) is 15.5. The average Bonchev–Trinajstić information content (AvgIpc) is 3.48. The number of halogens is 2. The number of benzene rings is 1. The van der Waals surface area contributed by atoms with Crippen LogP contribution in [0.4, 0.5) is 5.82 Å². The number of aromatic amines is 1. The van der Waals surface area contributed by atoms with Crippen molar-refractivity contribution in [3.8, 4) is 11.1 Å². The van der Waals surface area contributed by atoms with Gasteiger partial charge in [-0.2, -0.15) is 0 Å². The van der Waals surface area contributed by atoms with E-state index >= 15 is 0 Å². The molecule has 5 nitrogen and oxygen atoms in total. The fourth-order valence-corrected chi connectivity index (χ4v) is 7.78. The maximum absolute atomic E-state index is 13.2. The van der Waals surface area contributed by atoms with Crippen LogP contribution in [-0.4, -0.2) is 20.1 Å². The van der Waals surface area contributed by atoms with Gasteiger partial charge < -0.3 is 5.32 Å². The minimum atomic E-state index is -0.0829. The second-order valence-electron chi connectivity index (χ2n) is 10.8. The SMILES string of the molecule is O=c1cc(NC23CC4CC(CC(C4)C2)C3)nc2c(-c3ccc(Cl)cc3Cl)c(C3CC3)[nH]n12. The van der Waals surface area contributed by atoms with Crippen molar-refractivity contribution in [2.24, 2.45) is 17.8 Å². The average molecular weight is 469 g/mol. The zero-order valence-corrected chi connectivity index (χ0v) is 19.3. The molecule has 0 amide bonds. The van der Waals surface area contributed by atoms with Crippen molar-refractivity contribution in [2.75, 3.05) is 5.32 Å². The molecule has 0 saturated heterocycles. The Hall–Kier alpha value is -1.98. The first kappa shape index (κ1) is 19.5. The number of rotatable bonds is 4. The minimum Gasteiger partial charge on any atom is -0.364 e. The highest BCUT2D eigenvalue weighted by molar-refractivity contribution is 6.36. The number of hydrogen-bond donors (Lipinski definition) is 2. The molecule has 32 heavy (non-hydrogen) atoms. The highest BCUT2D eigenvalue weighted by Crippen LogP contribution is 2.56. The topological polar surface area (TPSA) is 62.2 Å². The fourth-order valence-electron chi connectivity index (χ4n) is 7.28. The third-order valence-corrected chi connectivity index (χ3v) is 8.81. The van der Waals surface area contributed by atoms with Crippen molar-refractivity contribution in [3.05, 3.63) is 50.4 Å². The number of H-pyrrole nitrogens is 1. The van der Waals surface area contributed by atoms with Gasteiger partial charge in [0.2, 0.25) is 0 Å². The molecule has 5 aliphatic rings. The number of aromatic nitrogens is 3. The molecule has 0 spiro atoms. The Morgan fingerprint density at radius 2 is 1.72 bits per heavy atom. The quantitative estimate of drug-likeness (QED) is 0.475. The Kier molecular flexibility index (Phi) is 4.12. The van der Waals surface area contributed by atoms with Gasteiger partial charge in [-0.1, -0.05) is 29.3 Å². The molecule has 0 unspecified atom stereocenters. The molecule has 2 N–H and O–H groups in total. The van der Waals surface area contributed by atoms with Gasteiger partial charge >= 0.3 is 0 Å². The normalized spacial score (nSPS) is 30.9. The van der Waals surface area contributed by atoms with Gasteiger partial charge in [-0.05, 0) is 81.3 Å². The van der Waals surface area contributed by atoms with Crippen LogP contribution in [0, 0.1) is 17.8 Å². The van der Waals surface area contributed by atoms with Gasteiger partial charge in [-0.15, -0.1) is 0 Å². The summed E-state index contributed by atoms with van der Waals surface area (Å²) in [5.41, 5.74) is 3.51. The molecule has 0 aliphatic heterocycles. The van der Waals surface area contributed by atoms with Crippen LogP contribution in [0.15, 0.2) is 29.1 Å². The van der Waals surface area contributed by atoms with E-state index < -0.39 is 0 Å². The van der Waals surface area contributed by atoms with E-state index in [1.807, 2.05) is 12.1 Å². The van der Waals surface area contributed by atoms with Gasteiger partial charge in [0.15, 0.2) is 5.65 Å². The summed E-state index contributed by atoms with van der Waals surface area (Å²) >= 11 is 12.8. The lowest BCUT2D eigenvalue weighted by molar-refractivity contribution is 0.0105. The molecular formula is C25H26Cl2N4O.